The van der Waals surface area contributed by atoms with Crippen molar-refractivity contribution in [1.82, 2.24) is 31.9 Å². The number of Topliss-reactive ketones (excluding diaryl/α,β-unsaturated/α-hetero) is 1. The van der Waals surface area contributed by atoms with E-state index in [0.717, 1.165) is 19.8 Å². The highest BCUT2D eigenvalue weighted by molar-refractivity contribution is 6.38. The average molecular weight is 700 g/mol. The fourth-order valence-electron chi connectivity index (χ4n) is 4.96. The Morgan fingerprint density at radius 2 is 1.27 bits per heavy atom. The zero-order valence-electron chi connectivity index (χ0n) is 27.6. The second-order valence-corrected chi connectivity index (χ2v) is 11.8. The van der Waals surface area contributed by atoms with Gasteiger partial charge in [-0.3, -0.25) is 47.9 Å². The Kier molecular flexibility index (Phi) is 16.8. The van der Waals surface area contributed by atoms with Crippen LogP contribution in [0.2, 0.25) is 0 Å². The van der Waals surface area contributed by atoms with E-state index in [-0.39, 0.29) is 5.92 Å². The van der Waals surface area contributed by atoms with Gasteiger partial charge in [-0.1, -0.05) is 12.8 Å². The predicted octanol–water partition coefficient (Wildman–Crippen LogP) is -4.08. The van der Waals surface area contributed by atoms with E-state index in [2.05, 4.69) is 21.3 Å². The third-order valence-electron chi connectivity index (χ3n) is 7.61. The van der Waals surface area contributed by atoms with Gasteiger partial charge in [-0.15, -0.1) is 0 Å². The Hall–Kier alpha value is -5.14. The number of aliphatic hydroxyl groups is 1. The summed E-state index contributed by atoms with van der Waals surface area (Å²) in [7, 11) is 0. The number of carboxylic acid groups (broad SMARTS) is 2. The largest absolute Gasteiger partial charge is 0.481 e. The van der Waals surface area contributed by atoms with E-state index >= 15 is 0 Å². The smallest absolute Gasteiger partial charge is 0.305 e. The zero-order chi connectivity index (χ0) is 37.6. The molecule has 0 bridgehead atoms. The maximum Gasteiger partial charge on any atom is 0.305 e. The van der Waals surface area contributed by atoms with Crippen LogP contribution in [0.3, 0.4) is 0 Å². The number of nitrogens with two attached hydrogens (primary N) is 1. The number of rotatable bonds is 20. The highest BCUT2D eigenvalue weighted by Gasteiger charge is 2.36. The molecular formula is C29H45N7O13. The molecule has 0 aromatic heterocycles. The molecule has 0 radical (unpaired) electrons. The molecule has 7 amide bonds. The van der Waals surface area contributed by atoms with E-state index in [1.165, 1.54) is 20.8 Å². The van der Waals surface area contributed by atoms with E-state index in [1.807, 2.05) is 10.6 Å². The summed E-state index contributed by atoms with van der Waals surface area (Å²) in [5.41, 5.74) is 5.15. The lowest BCUT2D eigenvalue weighted by Gasteiger charge is -2.28. The third-order valence-corrected chi connectivity index (χ3v) is 7.61. The predicted molar refractivity (Wildman–Crippen MR) is 166 cm³/mol. The van der Waals surface area contributed by atoms with Gasteiger partial charge in [-0.2, -0.15) is 0 Å². The monoisotopic (exact) mass is 699 g/mol. The number of amides is 7. The van der Waals surface area contributed by atoms with E-state index in [9.17, 15) is 53.1 Å². The minimum absolute atomic E-state index is 0.174. The van der Waals surface area contributed by atoms with Crippen LogP contribution in [-0.4, -0.2) is 117 Å². The first-order chi connectivity index (χ1) is 22.7. The lowest BCUT2D eigenvalue weighted by atomic mass is 9.96. The fourth-order valence-corrected chi connectivity index (χ4v) is 4.96. The Morgan fingerprint density at radius 1 is 0.694 bits per heavy atom. The SMILES string of the molecule is CC(=O)N[C@H](C(=O)N[C@H](C(=O)N[C@@H](C)C(=O)N[C@@H](C)C(=O)C(=O)N[C@@H](CC(=O)O)C(=O)N[C@@H](CCC(=O)O)C(N)=O)[C@@H](C)O)C1CCCC1. The number of aliphatic hydroxyl groups excluding tert-OH is 1. The summed E-state index contributed by atoms with van der Waals surface area (Å²) in [5.74, 6) is -11.4. The number of primary amides is 1. The average Bonchev–Trinajstić information content (AvgIpc) is 3.53. The summed E-state index contributed by atoms with van der Waals surface area (Å²) in [6.07, 6.45) is -0.440. The summed E-state index contributed by atoms with van der Waals surface area (Å²) in [6, 6.07) is -8.89. The number of hydrogen-bond acceptors (Lipinski definition) is 11. The first-order valence-electron chi connectivity index (χ1n) is 15.5. The van der Waals surface area contributed by atoms with Crippen molar-refractivity contribution >= 4 is 59.1 Å². The van der Waals surface area contributed by atoms with E-state index in [1.54, 1.807) is 0 Å². The third kappa shape index (κ3) is 14.3. The maximum atomic E-state index is 13.0. The van der Waals surface area contributed by atoms with Gasteiger partial charge in [-0.05, 0) is 46.0 Å². The van der Waals surface area contributed by atoms with Gasteiger partial charge in [0.25, 0.3) is 5.91 Å². The molecule has 11 N–H and O–H groups in total. The van der Waals surface area contributed by atoms with E-state index in [4.69, 9.17) is 15.9 Å². The molecule has 1 rings (SSSR count). The van der Waals surface area contributed by atoms with Crippen molar-refractivity contribution in [3.8, 4) is 0 Å². The van der Waals surface area contributed by atoms with Gasteiger partial charge in [0.2, 0.25) is 41.2 Å². The van der Waals surface area contributed by atoms with Crippen LogP contribution in [0.5, 0.6) is 0 Å². The van der Waals surface area contributed by atoms with E-state index in [0.29, 0.717) is 12.8 Å². The summed E-state index contributed by atoms with van der Waals surface area (Å²) >= 11 is 0. The highest BCUT2D eigenvalue weighted by Crippen LogP contribution is 2.28. The van der Waals surface area contributed by atoms with Crippen molar-refractivity contribution in [2.45, 2.75) is 115 Å². The van der Waals surface area contributed by atoms with Crippen LogP contribution < -0.4 is 37.6 Å². The van der Waals surface area contributed by atoms with Crippen LogP contribution in [0, 0.1) is 5.92 Å². The van der Waals surface area contributed by atoms with Gasteiger partial charge < -0.3 is 53.0 Å². The molecule has 0 unspecified atom stereocenters. The van der Waals surface area contributed by atoms with Gasteiger partial charge in [0.1, 0.15) is 30.2 Å². The Bertz CT molecular complexity index is 1300. The topological polar surface area (TPSA) is 330 Å². The molecule has 0 aromatic carbocycles. The summed E-state index contributed by atoms with van der Waals surface area (Å²) in [5, 5.41) is 41.6. The molecular weight excluding hydrogens is 654 g/mol. The maximum absolute atomic E-state index is 13.0. The van der Waals surface area contributed by atoms with Crippen molar-refractivity contribution in [3.63, 3.8) is 0 Å². The van der Waals surface area contributed by atoms with Gasteiger partial charge >= 0.3 is 11.9 Å². The highest BCUT2D eigenvalue weighted by atomic mass is 16.4. The molecule has 20 nitrogen and oxygen atoms in total. The zero-order valence-corrected chi connectivity index (χ0v) is 27.6. The molecule has 274 valence electrons. The van der Waals surface area contributed by atoms with Gasteiger partial charge in [0.05, 0.1) is 18.6 Å². The molecule has 0 saturated heterocycles. The molecule has 1 aliphatic rings. The van der Waals surface area contributed by atoms with Crippen molar-refractivity contribution < 1.29 is 63.3 Å². The van der Waals surface area contributed by atoms with Crippen molar-refractivity contribution in [2.75, 3.05) is 0 Å². The quantitative estimate of drug-likeness (QED) is 0.0541. The molecule has 1 aliphatic carbocycles. The molecule has 0 aromatic rings. The van der Waals surface area contributed by atoms with Crippen LogP contribution in [0.15, 0.2) is 0 Å². The van der Waals surface area contributed by atoms with Crippen molar-refractivity contribution in [2.24, 2.45) is 11.7 Å². The van der Waals surface area contributed by atoms with Gasteiger partial charge in [-0.25, -0.2) is 0 Å². The van der Waals surface area contributed by atoms with Crippen LogP contribution >= 0.6 is 0 Å². The summed E-state index contributed by atoms with van der Waals surface area (Å²) < 4.78 is 0. The van der Waals surface area contributed by atoms with E-state index < -0.39 is 121 Å². The number of aliphatic carboxylic acids is 2. The molecule has 7 atom stereocenters. The van der Waals surface area contributed by atoms with Crippen LogP contribution in [-0.2, 0) is 47.9 Å². The van der Waals surface area contributed by atoms with Crippen molar-refractivity contribution in [1.29, 1.82) is 0 Å². The Morgan fingerprint density at radius 3 is 1.76 bits per heavy atom. The van der Waals surface area contributed by atoms with Crippen LogP contribution in [0.4, 0.5) is 0 Å². The second-order valence-electron chi connectivity index (χ2n) is 11.8. The number of nitrogens with one attached hydrogen (secondary N) is 6. The fraction of sp³-hybridized carbons (Fsp3) is 0.655. The Balaban J connectivity index is 2.88. The summed E-state index contributed by atoms with van der Waals surface area (Å²) in [6.45, 7) is 4.75. The molecule has 1 fully saturated rings. The second kappa shape index (κ2) is 19.6. The number of carbonyl (C=O) groups is 10. The van der Waals surface area contributed by atoms with Gasteiger partial charge in [0.15, 0.2) is 0 Å². The molecule has 0 spiro atoms. The molecule has 20 heteroatoms. The van der Waals surface area contributed by atoms with Crippen LogP contribution in [0.1, 0.15) is 72.6 Å². The van der Waals surface area contributed by atoms with Gasteiger partial charge in [0, 0.05) is 13.3 Å². The first kappa shape index (κ1) is 41.9. The Labute approximate surface area is 281 Å². The number of carbonyl (C=O) groups excluding carboxylic acids is 8. The lowest BCUT2D eigenvalue weighted by molar-refractivity contribution is -0.144. The lowest BCUT2D eigenvalue weighted by Crippen LogP contribution is -2.60. The molecule has 1 saturated carbocycles. The van der Waals surface area contributed by atoms with Crippen molar-refractivity contribution in [3.05, 3.63) is 0 Å². The molecule has 49 heavy (non-hydrogen) atoms. The standard InChI is InChI=1S/C29H45N7O13/c1-12(23(43)29(49)35-18(11-20(41)42)26(46)34-17(24(30)44)9-10-19(39)40)31-25(45)13(2)32-27(47)21(14(3)37)36-28(48)22(33-15(4)38)16-7-5-6-8-16/h12-14,16-18,21-22,37H,5-11H2,1-4H3,(H2,30,44)(H,31,45)(H,32,47)(H,33,38)(H,34,46)(H,35,49)(H,36,48)(H,39,40)(H,41,42)/t12-,13-,14+,17-,18-,21-,22-/m0/s1. The first-order valence-corrected chi connectivity index (χ1v) is 15.5. The minimum atomic E-state index is -1.91. The minimum Gasteiger partial charge on any atom is -0.481 e. The molecule has 0 heterocycles. The normalized spacial score (nSPS) is 17.0. The summed E-state index contributed by atoms with van der Waals surface area (Å²) in [4.78, 5) is 122. The molecule has 0 aliphatic heterocycles. The van der Waals surface area contributed by atoms with Crippen LogP contribution in [0.25, 0.3) is 0 Å². The number of carboxylic acids is 2. The number of ketones is 1. The number of hydrogen-bond donors (Lipinski definition) is 10.